The molecule has 1 aliphatic carbocycles. The summed E-state index contributed by atoms with van der Waals surface area (Å²) in [5, 5.41) is 13.4. The molecular formula is C17H18ClNO. The van der Waals surface area contributed by atoms with E-state index in [0.717, 1.165) is 5.69 Å². The van der Waals surface area contributed by atoms with Crippen LogP contribution in [0.5, 0.6) is 5.75 Å². The highest BCUT2D eigenvalue weighted by molar-refractivity contribution is 6.32. The average molecular weight is 288 g/mol. The topological polar surface area (TPSA) is 32.3 Å². The van der Waals surface area contributed by atoms with Crippen LogP contribution in [-0.2, 0) is 0 Å². The number of benzene rings is 2. The summed E-state index contributed by atoms with van der Waals surface area (Å²) >= 11 is 5.97. The van der Waals surface area contributed by atoms with Crippen LogP contribution < -0.4 is 5.32 Å². The predicted molar refractivity (Wildman–Crippen MR) is 83.4 cm³/mol. The van der Waals surface area contributed by atoms with Crippen LogP contribution in [0.3, 0.4) is 0 Å². The van der Waals surface area contributed by atoms with Crippen molar-refractivity contribution >= 4 is 17.3 Å². The summed E-state index contributed by atoms with van der Waals surface area (Å²) < 4.78 is 0. The zero-order valence-corrected chi connectivity index (χ0v) is 12.2. The van der Waals surface area contributed by atoms with Crippen molar-refractivity contribution in [1.29, 1.82) is 0 Å². The second kappa shape index (κ2) is 5.37. The van der Waals surface area contributed by atoms with Crippen LogP contribution in [0.2, 0.25) is 5.02 Å². The van der Waals surface area contributed by atoms with Gasteiger partial charge in [0.25, 0.3) is 0 Å². The van der Waals surface area contributed by atoms with E-state index in [1.54, 1.807) is 12.1 Å². The zero-order chi connectivity index (χ0) is 14.1. The Kier molecular flexibility index (Phi) is 3.58. The van der Waals surface area contributed by atoms with Gasteiger partial charge in [0.1, 0.15) is 5.75 Å². The molecule has 0 aliphatic heterocycles. The van der Waals surface area contributed by atoms with Crippen LogP contribution in [0.15, 0.2) is 42.5 Å². The van der Waals surface area contributed by atoms with Gasteiger partial charge in [0.15, 0.2) is 0 Å². The maximum absolute atomic E-state index is 9.49. The minimum absolute atomic E-state index is 0.121. The Morgan fingerprint density at radius 1 is 1.15 bits per heavy atom. The number of phenols is 1. The molecule has 1 aliphatic rings. The number of halogens is 1. The zero-order valence-electron chi connectivity index (χ0n) is 11.4. The van der Waals surface area contributed by atoms with Gasteiger partial charge in [-0.15, -0.1) is 0 Å². The lowest BCUT2D eigenvalue weighted by molar-refractivity contribution is 0.475. The lowest BCUT2D eigenvalue weighted by atomic mass is 10.0. The quantitative estimate of drug-likeness (QED) is 0.783. The van der Waals surface area contributed by atoms with Gasteiger partial charge in [-0.25, -0.2) is 0 Å². The molecule has 104 valence electrons. The summed E-state index contributed by atoms with van der Waals surface area (Å²) in [4.78, 5) is 0. The van der Waals surface area contributed by atoms with Crippen molar-refractivity contribution in [2.75, 3.05) is 5.32 Å². The van der Waals surface area contributed by atoms with E-state index in [-0.39, 0.29) is 5.75 Å². The Morgan fingerprint density at radius 3 is 2.45 bits per heavy atom. The smallest absolute Gasteiger partial charge is 0.134 e. The predicted octanol–water partition coefficient (Wildman–Crippen LogP) is 4.92. The summed E-state index contributed by atoms with van der Waals surface area (Å²) in [6, 6.07) is 14.3. The van der Waals surface area contributed by atoms with E-state index in [1.807, 2.05) is 6.07 Å². The van der Waals surface area contributed by atoms with Gasteiger partial charge < -0.3 is 10.4 Å². The molecule has 1 atom stereocenters. The number of anilines is 1. The number of aryl methyl sites for hydroxylation is 1. The Morgan fingerprint density at radius 2 is 1.85 bits per heavy atom. The van der Waals surface area contributed by atoms with Crippen LogP contribution in [0.1, 0.15) is 30.0 Å². The molecule has 3 rings (SSSR count). The molecule has 1 saturated carbocycles. The SMILES string of the molecule is Cc1ccc(C(Nc2ccc(O)c(Cl)c2)C2CC2)cc1. The number of hydrogen-bond donors (Lipinski definition) is 2. The molecule has 1 fully saturated rings. The van der Waals surface area contributed by atoms with E-state index < -0.39 is 0 Å². The first kappa shape index (κ1) is 13.3. The van der Waals surface area contributed by atoms with Gasteiger partial charge >= 0.3 is 0 Å². The fourth-order valence-electron chi connectivity index (χ4n) is 2.45. The third-order valence-electron chi connectivity index (χ3n) is 3.80. The largest absolute Gasteiger partial charge is 0.506 e. The molecule has 2 N–H and O–H groups in total. The van der Waals surface area contributed by atoms with Crippen molar-refractivity contribution in [2.45, 2.75) is 25.8 Å². The second-order valence-corrected chi connectivity index (χ2v) is 5.94. The van der Waals surface area contributed by atoms with Crippen molar-refractivity contribution in [2.24, 2.45) is 5.92 Å². The highest BCUT2D eigenvalue weighted by atomic mass is 35.5. The van der Waals surface area contributed by atoms with E-state index in [1.165, 1.54) is 24.0 Å². The van der Waals surface area contributed by atoms with Gasteiger partial charge in [-0.1, -0.05) is 41.4 Å². The van der Waals surface area contributed by atoms with Crippen LogP contribution in [0.4, 0.5) is 5.69 Å². The summed E-state index contributed by atoms with van der Waals surface area (Å²) in [6.45, 7) is 2.10. The Hall–Kier alpha value is -1.67. The molecule has 1 unspecified atom stereocenters. The van der Waals surface area contributed by atoms with E-state index in [0.29, 0.717) is 17.0 Å². The van der Waals surface area contributed by atoms with Crippen molar-refractivity contribution < 1.29 is 5.11 Å². The average Bonchev–Trinajstić information content (AvgIpc) is 3.26. The minimum Gasteiger partial charge on any atom is -0.506 e. The van der Waals surface area contributed by atoms with Gasteiger partial charge in [0, 0.05) is 5.69 Å². The van der Waals surface area contributed by atoms with Crippen molar-refractivity contribution in [3.05, 3.63) is 58.6 Å². The minimum atomic E-state index is 0.121. The first-order chi connectivity index (χ1) is 9.63. The molecule has 0 radical (unpaired) electrons. The summed E-state index contributed by atoms with van der Waals surface area (Å²) in [5.41, 5.74) is 3.53. The third-order valence-corrected chi connectivity index (χ3v) is 4.10. The molecule has 0 saturated heterocycles. The normalized spacial score (nSPS) is 15.9. The van der Waals surface area contributed by atoms with E-state index in [4.69, 9.17) is 11.6 Å². The van der Waals surface area contributed by atoms with Crippen LogP contribution in [0, 0.1) is 12.8 Å². The van der Waals surface area contributed by atoms with Gasteiger partial charge in [0.05, 0.1) is 11.1 Å². The number of nitrogens with one attached hydrogen (secondary N) is 1. The monoisotopic (exact) mass is 287 g/mol. The van der Waals surface area contributed by atoms with E-state index in [2.05, 4.69) is 36.5 Å². The first-order valence-corrected chi connectivity index (χ1v) is 7.33. The number of rotatable bonds is 4. The van der Waals surface area contributed by atoms with Crippen molar-refractivity contribution in [3.8, 4) is 5.75 Å². The van der Waals surface area contributed by atoms with Crippen LogP contribution in [0.25, 0.3) is 0 Å². The summed E-state index contributed by atoms with van der Waals surface area (Å²) in [5.74, 6) is 0.806. The van der Waals surface area contributed by atoms with Crippen LogP contribution in [-0.4, -0.2) is 5.11 Å². The summed E-state index contributed by atoms with van der Waals surface area (Å²) in [6.07, 6.45) is 2.52. The van der Waals surface area contributed by atoms with Gasteiger partial charge in [-0.3, -0.25) is 0 Å². The van der Waals surface area contributed by atoms with Crippen LogP contribution >= 0.6 is 11.6 Å². The Balaban J connectivity index is 1.84. The standard InChI is InChI=1S/C17H18ClNO/c1-11-2-4-12(5-3-11)17(13-6-7-13)19-14-8-9-16(20)15(18)10-14/h2-5,8-10,13,17,19-20H,6-7H2,1H3. The molecular weight excluding hydrogens is 270 g/mol. The maximum atomic E-state index is 9.49. The fraction of sp³-hybridized carbons (Fsp3) is 0.294. The first-order valence-electron chi connectivity index (χ1n) is 6.95. The van der Waals surface area contributed by atoms with E-state index in [9.17, 15) is 5.11 Å². The molecule has 0 spiro atoms. The van der Waals surface area contributed by atoms with Gasteiger partial charge in [0.2, 0.25) is 0 Å². The molecule has 2 aromatic rings. The molecule has 20 heavy (non-hydrogen) atoms. The Bertz CT molecular complexity index is 605. The molecule has 3 heteroatoms. The molecule has 0 bridgehead atoms. The van der Waals surface area contributed by atoms with Crippen molar-refractivity contribution in [1.82, 2.24) is 0 Å². The summed E-state index contributed by atoms with van der Waals surface area (Å²) in [7, 11) is 0. The van der Waals surface area contributed by atoms with E-state index >= 15 is 0 Å². The third kappa shape index (κ3) is 2.91. The molecule has 0 aromatic heterocycles. The van der Waals surface area contributed by atoms with Gasteiger partial charge in [-0.2, -0.15) is 0 Å². The second-order valence-electron chi connectivity index (χ2n) is 5.54. The fourth-order valence-corrected chi connectivity index (χ4v) is 2.63. The number of aromatic hydroxyl groups is 1. The number of hydrogen-bond acceptors (Lipinski definition) is 2. The Labute approximate surface area is 124 Å². The molecule has 0 heterocycles. The molecule has 2 nitrogen and oxygen atoms in total. The lowest BCUT2D eigenvalue weighted by Crippen LogP contribution is -2.12. The molecule has 2 aromatic carbocycles. The van der Waals surface area contributed by atoms with Gasteiger partial charge in [-0.05, 0) is 49.4 Å². The molecule has 0 amide bonds. The maximum Gasteiger partial charge on any atom is 0.134 e. The number of phenolic OH excluding ortho intramolecular Hbond substituents is 1. The highest BCUT2D eigenvalue weighted by Crippen LogP contribution is 2.43. The van der Waals surface area contributed by atoms with Crippen molar-refractivity contribution in [3.63, 3.8) is 0 Å². The highest BCUT2D eigenvalue weighted by Gasteiger charge is 2.32. The lowest BCUT2D eigenvalue weighted by Gasteiger charge is -2.20.